The molecule has 0 aromatic heterocycles. The number of ether oxygens (including phenoxy) is 2. The summed E-state index contributed by atoms with van der Waals surface area (Å²) in [5, 5.41) is 2.82. The Labute approximate surface area is 166 Å². The van der Waals surface area contributed by atoms with E-state index in [-0.39, 0.29) is 22.3 Å². The second-order valence-electron chi connectivity index (χ2n) is 6.18. The number of rotatable bonds is 7. The molecule has 1 saturated carbocycles. The lowest BCUT2D eigenvalue weighted by Gasteiger charge is -2.14. The van der Waals surface area contributed by atoms with E-state index in [0.717, 1.165) is 12.1 Å². The van der Waals surface area contributed by atoms with Crippen LogP contribution in [0.1, 0.15) is 23.2 Å². The Morgan fingerprint density at radius 1 is 1.14 bits per heavy atom. The third-order valence-corrected chi connectivity index (χ3v) is 5.94. The molecule has 1 amide bonds. The average molecular weight is 429 g/mol. The minimum atomic E-state index is -4.05. The van der Waals surface area contributed by atoms with E-state index in [9.17, 15) is 17.6 Å². The van der Waals surface area contributed by atoms with E-state index in [2.05, 4.69) is 10.0 Å². The maximum atomic E-state index is 14.1. The Balaban J connectivity index is 1.89. The van der Waals surface area contributed by atoms with Crippen molar-refractivity contribution in [3.63, 3.8) is 0 Å². The monoisotopic (exact) mass is 428 g/mol. The van der Waals surface area contributed by atoms with Gasteiger partial charge in [0.2, 0.25) is 10.0 Å². The van der Waals surface area contributed by atoms with Crippen LogP contribution in [0.5, 0.6) is 11.5 Å². The van der Waals surface area contributed by atoms with Gasteiger partial charge in [0.15, 0.2) is 0 Å². The maximum Gasteiger partial charge on any atom is 0.255 e. The smallest absolute Gasteiger partial charge is 0.255 e. The van der Waals surface area contributed by atoms with Crippen molar-refractivity contribution in [1.82, 2.24) is 4.72 Å². The summed E-state index contributed by atoms with van der Waals surface area (Å²) in [6.07, 6.45) is 1.41. The first-order valence-electron chi connectivity index (χ1n) is 8.30. The summed E-state index contributed by atoms with van der Waals surface area (Å²) >= 11 is 6.08. The molecule has 0 radical (unpaired) electrons. The molecule has 2 N–H and O–H groups in total. The summed E-state index contributed by atoms with van der Waals surface area (Å²) in [4.78, 5) is 12.0. The third kappa shape index (κ3) is 4.37. The van der Waals surface area contributed by atoms with E-state index in [4.69, 9.17) is 21.1 Å². The van der Waals surface area contributed by atoms with Gasteiger partial charge >= 0.3 is 0 Å². The van der Waals surface area contributed by atoms with Crippen LogP contribution in [-0.4, -0.2) is 34.6 Å². The Bertz CT molecular complexity index is 1020. The predicted octanol–water partition coefficient (Wildman–Crippen LogP) is 3.19. The molecule has 1 aliphatic rings. The molecule has 0 spiro atoms. The highest BCUT2D eigenvalue weighted by Crippen LogP contribution is 2.36. The van der Waals surface area contributed by atoms with Crippen molar-refractivity contribution in [3.8, 4) is 11.5 Å². The molecule has 3 rings (SSSR count). The molecule has 7 nitrogen and oxygen atoms in total. The Hall–Kier alpha value is -2.36. The molecule has 2 aromatic rings. The van der Waals surface area contributed by atoms with Crippen molar-refractivity contribution in [2.45, 2.75) is 23.8 Å². The largest absolute Gasteiger partial charge is 0.495 e. The molecule has 1 aliphatic carbocycles. The van der Waals surface area contributed by atoms with Gasteiger partial charge < -0.3 is 14.8 Å². The first kappa shape index (κ1) is 20.4. The van der Waals surface area contributed by atoms with E-state index in [0.29, 0.717) is 24.3 Å². The molecular formula is C18H18ClFN2O5S. The lowest BCUT2D eigenvalue weighted by Crippen LogP contribution is -2.27. The summed E-state index contributed by atoms with van der Waals surface area (Å²) in [6, 6.07) is 5.87. The van der Waals surface area contributed by atoms with Gasteiger partial charge in [-0.05, 0) is 37.1 Å². The highest BCUT2D eigenvalue weighted by Gasteiger charge is 2.30. The van der Waals surface area contributed by atoms with Crippen LogP contribution in [0, 0.1) is 5.82 Å². The number of anilines is 1. The SMILES string of the molecule is COc1cc(OC)c(NC(=O)c2ccc(F)c(S(=O)(=O)NC3CC3)c2)cc1Cl. The lowest BCUT2D eigenvalue weighted by molar-refractivity contribution is 0.102. The first-order chi connectivity index (χ1) is 13.2. The fraction of sp³-hybridized carbons (Fsp3) is 0.278. The molecular weight excluding hydrogens is 411 g/mol. The quantitative estimate of drug-likeness (QED) is 0.706. The summed E-state index contributed by atoms with van der Waals surface area (Å²) in [5.74, 6) is -0.935. The van der Waals surface area contributed by atoms with Crippen LogP contribution >= 0.6 is 11.6 Å². The van der Waals surface area contributed by atoms with Crippen LogP contribution in [-0.2, 0) is 10.0 Å². The van der Waals surface area contributed by atoms with E-state index < -0.39 is 26.6 Å². The summed E-state index contributed by atoms with van der Waals surface area (Å²) in [6.45, 7) is 0. The second kappa shape index (κ2) is 7.94. The molecule has 0 heterocycles. The highest BCUT2D eigenvalue weighted by molar-refractivity contribution is 7.89. The van der Waals surface area contributed by atoms with Gasteiger partial charge in [-0.2, -0.15) is 0 Å². The number of halogens is 2. The number of nitrogens with one attached hydrogen (secondary N) is 2. The lowest BCUT2D eigenvalue weighted by atomic mass is 10.2. The molecule has 150 valence electrons. The molecule has 10 heteroatoms. The van der Waals surface area contributed by atoms with Crippen molar-refractivity contribution in [3.05, 3.63) is 46.7 Å². The fourth-order valence-electron chi connectivity index (χ4n) is 2.49. The number of amides is 1. The third-order valence-electron chi connectivity index (χ3n) is 4.10. The second-order valence-corrected chi connectivity index (χ2v) is 8.27. The molecule has 28 heavy (non-hydrogen) atoms. The topological polar surface area (TPSA) is 93.7 Å². The number of sulfonamides is 1. The molecule has 0 bridgehead atoms. The van der Waals surface area contributed by atoms with Gasteiger partial charge in [-0.3, -0.25) is 4.79 Å². The predicted molar refractivity (Wildman–Crippen MR) is 102 cm³/mol. The zero-order valence-electron chi connectivity index (χ0n) is 15.1. The van der Waals surface area contributed by atoms with E-state index in [1.165, 1.54) is 32.4 Å². The van der Waals surface area contributed by atoms with E-state index in [1.54, 1.807) is 0 Å². The number of carbonyl (C=O) groups excluding carboxylic acids is 1. The number of hydrogen-bond acceptors (Lipinski definition) is 5. The van der Waals surface area contributed by atoms with Crippen molar-refractivity contribution in [2.75, 3.05) is 19.5 Å². The number of methoxy groups -OCH3 is 2. The number of carbonyl (C=O) groups is 1. The Kier molecular flexibility index (Phi) is 5.78. The molecule has 0 unspecified atom stereocenters. The summed E-state index contributed by atoms with van der Waals surface area (Å²) in [5.41, 5.74) is 0.217. The van der Waals surface area contributed by atoms with Gasteiger partial charge in [0.05, 0.1) is 24.9 Å². The van der Waals surface area contributed by atoms with Gasteiger partial charge in [0.25, 0.3) is 5.91 Å². The molecule has 0 saturated heterocycles. The normalized spacial score (nSPS) is 13.9. The summed E-state index contributed by atoms with van der Waals surface area (Å²) < 4.78 is 51.4. The van der Waals surface area contributed by atoms with Crippen LogP contribution in [0.2, 0.25) is 5.02 Å². The van der Waals surface area contributed by atoms with Crippen molar-refractivity contribution in [2.24, 2.45) is 0 Å². The van der Waals surface area contributed by atoms with Crippen LogP contribution in [0.3, 0.4) is 0 Å². The van der Waals surface area contributed by atoms with Gasteiger partial charge in [0.1, 0.15) is 22.2 Å². The van der Waals surface area contributed by atoms with Gasteiger partial charge in [-0.1, -0.05) is 11.6 Å². The molecule has 0 aliphatic heterocycles. The average Bonchev–Trinajstić information content (AvgIpc) is 3.45. The van der Waals surface area contributed by atoms with Gasteiger partial charge in [-0.25, -0.2) is 17.5 Å². The van der Waals surface area contributed by atoms with Gasteiger partial charge in [0, 0.05) is 17.7 Å². The minimum Gasteiger partial charge on any atom is -0.495 e. The Morgan fingerprint density at radius 2 is 1.82 bits per heavy atom. The maximum absolute atomic E-state index is 14.1. The zero-order valence-corrected chi connectivity index (χ0v) is 16.7. The van der Waals surface area contributed by atoms with Crippen LogP contribution in [0.25, 0.3) is 0 Å². The molecule has 1 fully saturated rings. The fourth-order valence-corrected chi connectivity index (χ4v) is 4.14. The minimum absolute atomic E-state index is 0.0356. The number of hydrogen-bond donors (Lipinski definition) is 2. The van der Waals surface area contributed by atoms with Crippen molar-refractivity contribution >= 4 is 33.2 Å². The van der Waals surface area contributed by atoms with Crippen LogP contribution in [0.15, 0.2) is 35.2 Å². The Morgan fingerprint density at radius 3 is 2.43 bits per heavy atom. The molecule has 0 atom stereocenters. The van der Waals surface area contributed by atoms with Crippen LogP contribution in [0.4, 0.5) is 10.1 Å². The van der Waals surface area contributed by atoms with Crippen LogP contribution < -0.4 is 19.5 Å². The van der Waals surface area contributed by atoms with Crippen molar-refractivity contribution < 1.29 is 27.1 Å². The van der Waals surface area contributed by atoms with E-state index in [1.807, 2.05) is 0 Å². The zero-order chi connectivity index (χ0) is 20.5. The summed E-state index contributed by atoms with van der Waals surface area (Å²) in [7, 11) is -1.21. The van der Waals surface area contributed by atoms with E-state index >= 15 is 0 Å². The first-order valence-corrected chi connectivity index (χ1v) is 10.2. The molecule has 2 aromatic carbocycles. The standard InChI is InChI=1S/C18H18ClFN2O5S/c1-26-15-9-16(27-2)14(8-12(15)19)21-18(23)10-3-6-13(20)17(7-10)28(24,25)22-11-4-5-11/h3,6-9,11,22H,4-5H2,1-2H3,(H,21,23). The highest BCUT2D eigenvalue weighted by atomic mass is 35.5. The number of benzene rings is 2. The van der Waals surface area contributed by atoms with Crippen molar-refractivity contribution in [1.29, 1.82) is 0 Å². The van der Waals surface area contributed by atoms with Gasteiger partial charge in [-0.15, -0.1) is 0 Å².